The summed E-state index contributed by atoms with van der Waals surface area (Å²) in [5.41, 5.74) is 2.95. The third-order valence-corrected chi connectivity index (χ3v) is 5.80. The SMILES string of the molecule is Cc1nc(CC(=O)N2C[C@@H](Cc3ccnc4ccccc34)[C@@H](O)C2)cs1. The predicted octanol–water partition coefficient (Wildman–Crippen LogP) is 2.60. The molecule has 2 atom stereocenters. The molecule has 26 heavy (non-hydrogen) atoms. The molecule has 3 heterocycles. The second-order valence-electron chi connectivity index (χ2n) is 6.85. The highest BCUT2D eigenvalue weighted by molar-refractivity contribution is 7.09. The number of fused-ring (bicyclic) bond motifs is 1. The largest absolute Gasteiger partial charge is 0.391 e. The second kappa shape index (κ2) is 7.13. The molecule has 0 bridgehead atoms. The molecule has 1 N–H and O–H groups in total. The van der Waals surface area contributed by atoms with Crippen molar-refractivity contribution < 1.29 is 9.90 Å². The Morgan fingerprint density at radius 2 is 2.15 bits per heavy atom. The maximum atomic E-state index is 12.5. The summed E-state index contributed by atoms with van der Waals surface area (Å²) in [5, 5.41) is 14.5. The first-order valence-corrected chi connectivity index (χ1v) is 9.67. The van der Waals surface area contributed by atoms with Gasteiger partial charge in [0, 0.05) is 36.0 Å². The van der Waals surface area contributed by atoms with E-state index in [0.717, 1.165) is 28.0 Å². The van der Waals surface area contributed by atoms with Gasteiger partial charge < -0.3 is 10.0 Å². The van der Waals surface area contributed by atoms with Crippen LogP contribution in [0.1, 0.15) is 16.3 Å². The van der Waals surface area contributed by atoms with Crippen LogP contribution in [-0.2, 0) is 17.6 Å². The first-order chi connectivity index (χ1) is 12.6. The van der Waals surface area contributed by atoms with Crippen LogP contribution in [0.4, 0.5) is 0 Å². The van der Waals surface area contributed by atoms with Gasteiger partial charge in [0.1, 0.15) is 0 Å². The summed E-state index contributed by atoms with van der Waals surface area (Å²) in [6.45, 7) is 2.92. The number of benzene rings is 1. The van der Waals surface area contributed by atoms with Crippen LogP contribution in [-0.4, -0.2) is 45.1 Å². The number of para-hydroxylation sites is 1. The molecule has 1 aliphatic rings. The topological polar surface area (TPSA) is 66.3 Å². The van der Waals surface area contributed by atoms with E-state index in [9.17, 15) is 9.90 Å². The van der Waals surface area contributed by atoms with Crippen molar-refractivity contribution in [1.82, 2.24) is 14.9 Å². The van der Waals surface area contributed by atoms with Gasteiger partial charge in [-0.25, -0.2) is 4.98 Å². The molecule has 2 aromatic heterocycles. The van der Waals surface area contributed by atoms with Gasteiger partial charge in [0.2, 0.25) is 5.91 Å². The molecule has 0 saturated carbocycles. The lowest BCUT2D eigenvalue weighted by atomic mass is 9.94. The summed E-state index contributed by atoms with van der Waals surface area (Å²) in [4.78, 5) is 23.1. The number of thiazole rings is 1. The van der Waals surface area contributed by atoms with E-state index in [2.05, 4.69) is 16.0 Å². The van der Waals surface area contributed by atoms with E-state index in [1.165, 1.54) is 5.56 Å². The standard InChI is InChI=1S/C20H21N3O2S/c1-13-22-16(12-26-13)9-20(25)23-10-15(19(24)11-23)8-14-6-7-21-18-5-3-2-4-17(14)18/h2-7,12,15,19,24H,8-11H2,1H3/t15-,19+/m1/s1. The van der Waals surface area contributed by atoms with Crippen molar-refractivity contribution in [2.24, 2.45) is 5.92 Å². The molecule has 1 saturated heterocycles. The van der Waals surface area contributed by atoms with Crippen LogP contribution >= 0.6 is 11.3 Å². The third-order valence-electron chi connectivity index (χ3n) is 4.98. The Bertz CT molecular complexity index is 934. The van der Waals surface area contributed by atoms with Crippen LogP contribution in [0, 0.1) is 12.8 Å². The zero-order valence-corrected chi connectivity index (χ0v) is 15.4. The Balaban J connectivity index is 1.46. The fourth-order valence-corrected chi connectivity index (χ4v) is 4.24. The minimum absolute atomic E-state index is 0.0384. The summed E-state index contributed by atoms with van der Waals surface area (Å²) < 4.78 is 0. The van der Waals surface area contributed by atoms with E-state index in [4.69, 9.17) is 0 Å². The first-order valence-electron chi connectivity index (χ1n) is 8.79. The molecule has 0 spiro atoms. The number of pyridine rings is 1. The molecule has 1 aliphatic heterocycles. The Morgan fingerprint density at radius 3 is 2.96 bits per heavy atom. The molecule has 0 unspecified atom stereocenters. The Morgan fingerprint density at radius 1 is 1.31 bits per heavy atom. The number of aliphatic hydroxyl groups is 1. The number of nitrogens with zero attached hydrogens (tertiary/aromatic N) is 3. The maximum Gasteiger partial charge on any atom is 0.228 e. The number of aliphatic hydroxyl groups excluding tert-OH is 1. The van der Waals surface area contributed by atoms with Crippen molar-refractivity contribution in [3.05, 3.63) is 58.2 Å². The number of β-amino-alcohol motifs (C(OH)–C–C–N with tert-alkyl or cyclic N) is 1. The van der Waals surface area contributed by atoms with Crippen LogP contribution in [0.3, 0.4) is 0 Å². The van der Waals surface area contributed by atoms with E-state index < -0.39 is 6.10 Å². The van der Waals surface area contributed by atoms with Crippen molar-refractivity contribution in [2.75, 3.05) is 13.1 Å². The Hall–Kier alpha value is -2.31. The zero-order valence-electron chi connectivity index (χ0n) is 14.6. The highest BCUT2D eigenvalue weighted by Crippen LogP contribution is 2.26. The van der Waals surface area contributed by atoms with Gasteiger partial charge in [-0.05, 0) is 31.0 Å². The quantitative estimate of drug-likeness (QED) is 0.770. The molecular formula is C20H21N3O2S. The van der Waals surface area contributed by atoms with E-state index in [0.29, 0.717) is 19.5 Å². The highest BCUT2D eigenvalue weighted by Gasteiger charge is 2.34. The summed E-state index contributed by atoms with van der Waals surface area (Å²) >= 11 is 1.56. The van der Waals surface area contributed by atoms with Gasteiger partial charge in [-0.1, -0.05) is 18.2 Å². The second-order valence-corrected chi connectivity index (χ2v) is 7.91. The number of carbonyl (C=O) groups is 1. The molecule has 1 aromatic carbocycles. The fraction of sp³-hybridized carbons (Fsp3) is 0.350. The summed E-state index contributed by atoms with van der Waals surface area (Å²) in [6.07, 6.45) is 2.36. The smallest absolute Gasteiger partial charge is 0.228 e. The number of amides is 1. The van der Waals surface area contributed by atoms with E-state index in [-0.39, 0.29) is 11.8 Å². The van der Waals surface area contributed by atoms with Crippen LogP contribution in [0.25, 0.3) is 10.9 Å². The number of likely N-dealkylation sites (tertiary alicyclic amines) is 1. The van der Waals surface area contributed by atoms with Gasteiger partial charge in [0.25, 0.3) is 0 Å². The first kappa shape index (κ1) is 17.1. The highest BCUT2D eigenvalue weighted by atomic mass is 32.1. The molecule has 3 aromatic rings. The summed E-state index contributed by atoms with van der Waals surface area (Å²) in [5.74, 6) is 0.0818. The van der Waals surface area contributed by atoms with Gasteiger partial charge in [0.15, 0.2) is 0 Å². The molecule has 6 heteroatoms. The van der Waals surface area contributed by atoms with Crippen molar-refractivity contribution in [1.29, 1.82) is 0 Å². The number of hydrogen-bond acceptors (Lipinski definition) is 5. The number of hydrogen-bond donors (Lipinski definition) is 1. The number of aromatic nitrogens is 2. The zero-order chi connectivity index (χ0) is 18.1. The van der Waals surface area contributed by atoms with Crippen LogP contribution in [0.2, 0.25) is 0 Å². The van der Waals surface area contributed by atoms with E-state index >= 15 is 0 Å². The van der Waals surface area contributed by atoms with Crippen molar-refractivity contribution in [3.8, 4) is 0 Å². The maximum absolute atomic E-state index is 12.5. The minimum atomic E-state index is -0.497. The van der Waals surface area contributed by atoms with Gasteiger partial charge in [-0.2, -0.15) is 0 Å². The molecular weight excluding hydrogens is 346 g/mol. The predicted molar refractivity (Wildman–Crippen MR) is 102 cm³/mol. The number of aryl methyl sites for hydroxylation is 1. The monoisotopic (exact) mass is 367 g/mol. The third kappa shape index (κ3) is 3.48. The molecule has 1 amide bonds. The fourth-order valence-electron chi connectivity index (χ4n) is 3.63. The van der Waals surface area contributed by atoms with Crippen LogP contribution in [0.15, 0.2) is 41.9 Å². The average molecular weight is 367 g/mol. The van der Waals surface area contributed by atoms with Gasteiger partial charge in [-0.3, -0.25) is 9.78 Å². The lowest BCUT2D eigenvalue weighted by Gasteiger charge is -2.16. The average Bonchev–Trinajstić information content (AvgIpc) is 3.21. The van der Waals surface area contributed by atoms with Gasteiger partial charge in [-0.15, -0.1) is 11.3 Å². The molecule has 5 nitrogen and oxygen atoms in total. The summed E-state index contributed by atoms with van der Waals surface area (Å²) in [6, 6.07) is 10.0. The minimum Gasteiger partial charge on any atom is -0.391 e. The number of carbonyl (C=O) groups excluding carboxylic acids is 1. The van der Waals surface area contributed by atoms with Crippen molar-refractivity contribution >= 4 is 28.1 Å². The lowest BCUT2D eigenvalue weighted by molar-refractivity contribution is -0.129. The van der Waals surface area contributed by atoms with Crippen LogP contribution < -0.4 is 0 Å². The molecule has 134 valence electrons. The normalized spacial score (nSPS) is 20.0. The Kier molecular flexibility index (Phi) is 4.70. The van der Waals surface area contributed by atoms with Crippen LogP contribution in [0.5, 0.6) is 0 Å². The molecule has 1 fully saturated rings. The van der Waals surface area contributed by atoms with Gasteiger partial charge >= 0.3 is 0 Å². The number of rotatable bonds is 4. The molecule has 0 aliphatic carbocycles. The van der Waals surface area contributed by atoms with Crippen molar-refractivity contribution in [3.63, 3.8) is 0 Å². The summed E-state index contributed by atoms with van der Waals surface area (Å²) in [7, 11) is 0. The van der Waals surface area contributed by atoms with E-state index in [1.807, 2.05) is 42.8 Å². The Labute approximate surface area is 156 Å². The van der Waals surface area contributed by atoms with Crippen molar-refractivity contribution in [2.45, 2.75) is 25.9 Å². The molecule has 4 rings (SSSR count). The molecule has 0 radical (unpaired) electrons. The van der Waals surface area contributed by atoms with Gasteiger partial charge in [0.05, 0.1) is 28.7 Å². The lowest BCUT2D eigenvalue weighted by Crippen LogP contribution is -2.31. The van der Waals surface area contributed by atoms with E-state index in [1.54, 1.807) is 16.2 Å².